The monoisotopic (exact) mass is 250 g/mol. The van der Waals surface area contributed by atoms with Crippen LogP contribution in [0.2, 0.25) is 0 Å². The lowest BCUT2D eigenvalue weighted by molar-refractivity contribution is -0.139. The van der Waals surface area contributed by atoms with Gasteiger partial charge in [0.15, 0.2) is 0 Å². The second-order valence-corrected chi connectivity index (χ2v) is 3.48. The largest absolute Gasteiger partial charge is 0.497 e. The van der Waals surface area contributed by atoms with Crippen LogP contribution in [0.1, 0.15) is 23.7 Å². The molecule has 3 nitrogen and oxygen atoms in total. The topological polar surface area (TPSA) is 49.7 Å². The normalized spacial score (nSPS) is 13.5. The van der Waals surface area contributed by atoms with Gasteiger partial charge in [0.05, 0.1) is 18.8 Å². The first-order valence-electron chi connectivity index (χ1n) is 4.94. The minimum Gasteiger partial charge on any atom is -0.497 e. The molecule has 0 heterocycles. The van der Waals surface area contributed by atoms with Crippen LogP contribution in [0, 0.1) is 0 Å². The third-order valence-corrected chi connectivity index (χ3v) is 2.33. The first kappa shape index (κ1) is 13.8. The Morgan fingerprint density at radius 1 is 1.35 bits per heavy atom. The van der Waals surface area contributed by atoms with Crippen molar-refractivity contribution >= 4 is 0 Å². The summed E-state index contributed by atoms with van der Waals surface area (Å²) >= 11 is 0. The number of alkyl halides is 3. The minimum atomic E-state index is -4.54. The van der Waals surface area contributed by atoms with Crippen molar-refractivity contribution in [1.82, 2.24) is 0 Å². The van der Waals surface area contributed by atoms with Gasteiger partial charge in [0.2, 0.25) is 0 Å². The maximum Gasteiger partial charge on any atom is 0.416 e. The summed E-state index contributed by atoms with van der Waals surface area (Å²) in [6.07, 6.45) is -6.07. The summed E-state index contributed by atoms with van der Waals surface area (Å²) in [5, 5.41) is 18.2. The summed E-state index contributed by atoms with van der Waals surface area (Å²) < 4.78 is 42.8. The Morgan fingerprint density at radius 2 is 2.00 bits per heavy atom. The molecular weight excluding hydrogens is 237 g/mol. The summed E-state index contributed by atoms with van der Waals surface area (Å²) in [7, 11) is 1.32. The summed E-state index contributed by atoms with van der Waals surface area (Å²) in [4.78, 5) is 0. The Hall–Kier alpha value is -1.27. The molecule has 0 spiro atoms. The summed E-state index contributed by atoms with van der Waals surface area (Å²) in [6.45, 7) is -0.393. The van der Waals surface area contributed by atoms with Crippen molar-refractivity contribution < 1.29 is 28.1 Å². The number of ether oxygens (including phenoxy) is 1. The van der Waals surface area contributed by atoms with Gasteiger partial charge in [-0.05, 0) is 23.8 Å². The van der Waals surface area contributed by atoms with Crippen LogP contribution in [0.5, 0.6) is 5.75 Å². The molecule has 17 heavy (non-hydrogen) atoms. The molecule has 0 saturated heterocycles. The fraction of sp³-hybridized carbons (Fsp3) is 0.455. The van der Waals surface area contributed by atoms with Crippen molar-refractivity contribution in [3.8, 4) is 5.75 Å². The Kier molecular flexibility index (Phi) is 4.36. The summed E-state index contributed by atoms with van der Waals surface area (Å²) in [6, 6.07) is 3.16. The summed E-state index contributed by atoms with van der Waals surface area (Å²) in [5.41, 5.74) is -1.20. The van der Waals surface area contributed by atoms with E-state index >= 15 is 0 Å². The number of methoxy groups -OCH3 is 1. The molecule has 1 rings (SSSR count). The molecule has 0 fully saturated rings. The van der Waals surface area contributed by atoms with Crippen molar-refractivity contribution in [3.05, 3.63) is 29.3 Å². The highest BCUT2D eigenvalue weighted by Crippen LogP contribution is 2.37. The third-order valence-electron chi connectivity index (χ3n) is 2.33. The van der Waals surface area contributed by atoms with E-state index in [1.807, 2.05) is 0 Å². The first-order valence-corrected chi connectivity index (χ1v) is 4.94. The quantitative estimate of drug-likeness (QED) is 0.860. The van der Waals surface area contributed by atoms with Crippen molar-refractivity contribution in [2.75, 3.05) is 13.7 Å². The predicted octanol–water partition coefficient (Wildman–Crippen LogP) is 2.13. The van der Waals surface area contributed by atoms with Crippen LogP contribution in [-0.4, -0.2) is 23.9 Å². The Bertz CT molecular complexity index is 377. The van der Waals surface area contributed by atoms with Gasteiger partial charge in [0.25, 0.3) is 0 Å². The molecule has 0 radical (unpaired) electrons. The minimum absolute atomic E-state index is 0.157. The molecule has 0 aliphatic heterocycles. The zero-order valence-corrected chi connectivity index (χ0v) is 9.16. The predicted molar refractivity (Wildman–Crippen MR) is 54.7 cm³/mol. The van der Waals surface area contributed by atoms with E-state index in [-0.39, 0.29) is 17.7 Å². The van der Waals surface area contributed by atoms with Crippen LogP contribution in [0.25, 0.3) is 0 Å². The molecule has 6 heteroatoms. The molecule has 0 aliphatic carbocycles. The van der Waals surface area contributed by atoms with Gasteiger partial charge in [-0.1, -0.05) is 0 Å². The SMILES string of the molecule is COc1ccc(C(F)(F)F)c(C(O)CCO)c1. The molecule has 0 aliphatic rings. The molecule has 0 amide bonds. The van der Waals surface area contributed by atoms with E-state index in [0.717, 1.165) is 12.1 Å². The molecule has 1 unspecified atom stereocenters. The second kappa shape index (κ2) is 5.37. The number of hydrogen-bond acceptors (Lipinski definition) is 3. The fourth-order valence-corrected chi connectivity index (χ4v) is 1.48. The number of halogens is 3. The highest BCUT2D eigenvalue weighted by molar-refractivity contribution is 5.38. The maximum absolute atomic E-state index is 12.7. The highest BCUT2D eigenvalue weighted by Gasteiger charge is 2.35. The zero-order valence-electron chi connectivity index (χ0n) is 9.16. The third kappa shape index (κ3) is 3.34. The smallest absolute Gasteiger partial charge is 0.416 e. The fourth-order valence-electron chi connectivity index (χ4n) is 1.48. The standard InChI is InChI=1S/C11H13F3O3/c1-17-7-2-3-9(11(12,13)14)8(6-7)10(16)4-5-15/h2-3,6,10,15-16H,4-5H2,1H3. The van der Waals surface area contributed by atoms with Gasteiger partial charge in [0, 0.05) is 13.0 Å². The molecule has 2 N–H and O–H groups in total. The van der Waals surface area contributed by atoms with Crippen LogP contribution < -0.4 is 4.74 Å². The molecule has 0 saturated carbocycles. The van der Waals surface area contributed by atoms with Gasteiger partial charge in [-0.15, -0.1) is 0 Å². The Morgan fingerprint density at radius 3 is 2.47 bits per heavy atom. The average molecular weight is 250 g/mol. The number of aliphatic hydroxyl groups is 2. The van der Waals surface area contributed by atoms with Crippen molar-refractivity contribution in [3.63, 3.8) is 0 Å². The van der Waals surface area contributed by atoms with E-state index in [9.17, 15) is 18.3 Å². The van der Waals surface area contributed by atoms with Gasteiger partial charge in [-0.3, -0.25) is 0 Å². The number of hydrogen-bond donors (Lipinski definition) is 2. The van der Waals surface area contributed by atoms with E-state index in [1.165, 1.54) is 13.2 Å². The maximum atomic E-state index is 12.7. The lowest BCUT2D eigenvalue weighted by atomic mass is 9.99. The molecule has 1 aromatic carbocycles. The number of benzene rings is 1. The van der Waals surface area contributed by atoms with E-state index in [4.69, 9.17) is 9.84 Å². The van der Waals surface area contributed by atoms with Crippen LogP contribution in [0.15, 0.2) is 18.2 Å². The molecule has 1 aromatic rings. The highest BCUT2D eigenvalue weighted by atomic mass is 19.4. The first-order chi connectivity index (χ1) is 7.90. The van der Waals surface area contributed by atoms with Crippen LogP contribution >= 0.6 is 0 Å². The van der Waals surface area contributed by atoms with E-state index in [0.29, 0.717) is 0 Å². The lowest BCUT2D eigenvalue weighted by Crippen LogP contribution is -2.13. The van der Waals surface area contributed by atoms with Crippen LogP contribution in [0.3, 0.4) is 0 Å². The molecule has 0 aromatic heterocycles. The second-order valence-electron chi connectivity index (χ2n) is 3.48. The van der Waals surface area contributed by atoms with Gasteiger partial charge < -0.3 is 14.9 Å². The molecular formula is C11H13F3O3. The average Bonchev–Trinajstić information content (AvgIpc) is 2.27. The zero-order chi connectivity index (χ0) is 13.1. The number of aliphatic hydroxyl groups excluding tert-OH is 2. The molecule has 0 bridgehead atoms. The summed E-state index contributed by atoms with van der Waals surface area (Å²) in [5.74, 6) is 0.227. The molecule has 1 atom stereocenters. The van der Waals surface area contributed by atoms with Gasteiger partial charge in [-0.2, -0.15) is 13.2 Å². The van der Waals surface area contributed by atoms with Crippen molar-refractivity contribution in [2.24, 2.45) is 0 Å². The van der Waals surface area contributed by atoms with Gasteiger partial charge in [-0.25, -0.2) is 0 Å². The lowest BCUT2D eigenvalue weighted by Gasteiger charge is -2.17. The van der Waals surface area contributed by atoms with E-state index in [2.05, 4.69) is 0 Å². The van der Waals surface area contributed by atoms with Crippen LogP contribution in [0.4, 0.5) is 13.2 Å². The van der Waals surface area contributed by atoms with Crippen molar-refractivity contribution in [2.45, 2.75) is 18.7 Å². The Balaban J connectivity index is 3.21. The molecule has 96 valence electrons. The number of rotatable bonds is 4. The van der Waals surface area contributed by atoms with Gasteiger partial charge in [0.1, 0.15) is 5.75 Å². The van der Waals surface area contributed by atoms with E-state index in [1.54, 1.807) is 0 Å². The Labute approximate surface area is 96.5 Å². The van der Waals surface area contributed by atoms with Gasteiger partial charge >= 0.3 is 6.18 Å². The van der Waals surface area contributed by atoms with E-state index < -0.39 is 24.5 Å². The van der Waals surface area contributed by atoms with Crippen molar-refractivity contribution in [1.29, 1.82) is 0 Å². The van der Waals surface area contributed by atoms with Crippen LogP contribution in [-0.2, 0) is 6.18 Å².